The lowest BCUT2D eigenvalue weighted by molar-refractivity contribution is -0.133. The summed E-state index contributed by atoms with van der Waals surface area (Å²) < 4.78 is 31.0. The Kier molecular flexibility index (Phi) is 7.47. The van der Waals surface area contributed by atoms with Crippen molar-refractivity contribution in [2.45, 2.75) is 24.9 Å². The second-order valence-electron chi connectivity index (χ2n) is 6.72. The number of sulfonamides is 1. The smallest absolute Gasteiger partial charge is 0.230 e. The first-order valence-corrected chi connectivity index (χ1v) is 13.3. The van der Waals surface area contributed by atoms with Crippen LogP contribution in [0.15, 0.2) is 16.4 Å². The second kappa shape index (κ2) is 9.67. The number of thioether (sulfide) groups is 2. The molecule has 1 aromatic rings. The van der Waals surface area contributed by atoms with Crippen LogP contribution in [0, 0.1) is 5.92 Å². The first-order chi connectivity index (χ1) is 13.9. The fourth-order valence-electron chi connectivity index (χ4n) is 3.41. The van der Waals surface area contributed by atoms with Gasteiger partial charge in [-0.15, -0.1) is 11.8 Å². The number of rotatable bonds is 6. The van der Waals surface area contributed by atoms with Gasteiger partial charge < -0.3 is 9.64 Å². The van der Waals surface area contributed by atoms with E-state index in [1.165, 1.54) is 16.1 Å². The zero-order valence-corrected chi connectivity index (χ0v) is 19.3. The fourth-order valence-corrected chi connectivity index (χ4v) is 5.90. The predicted octanol–water partition coefficient (Wildman–Crippen LogP) is 2.14. The normalized spacial score (nSPS) is 20.4. The number of carbonyl (C=O) groups is 1. The van der Waals surface area contributed by atoms with Crippen LogP contribution in [-0.2, 0) is 14.8 Å². The summed E-state index contributed by atoms with van der Waals surface area (Å²) >= 11 is 3.06. The summed E-state index contributed by atoms with van der Waals surface area (Å²) in [5, 5.41) is 1.49. The van der Waals surface area contributed by atoms with Crippen molar-refractivity contribution in [2.24, 2.45) is 5.92 Å². The minimum Gasteiger partial charge on any atom is -0.480 e. The van der Waals surface area contributed by atoms with Crippen molar-refractivity contribution in [3.63, 3.8) is 0 Å². The number of aromatic nitrogens is 2. The minimum atomic E-state index is -3.19. The van der Waals surface area contributed by atoms with Crippen LogP contribution in [0.1, 0.15) is 25.3 Å². The third kappa shape index (κ3) is 5.07. The van der Waals surface area contributed by atoms with Crippen molar-refractivity contribution in [2.75, 3.05) is 44.5 Å². The van der Waals surface area contributed by atoms with Gasteiger partial charge in [0.2, 0.25) is 21.8 Å². The Morgan fingerprint density at radius 2 is 2.10 bits per heavy atom. The Morgan fingerprint density at radius 3 is 2.72 bits per heavy atom. The van der Waals surface area contributed by atoms with Crippen molar-refractivity contribution < 1.29 is 17.9 Å². The lowest BCUT2D eigenvalue weighted by Gasteiger charge is -2.32. The Bertz CT molecular complexity index is 883. The van der Waals surface area contributed by atoms with Crippen LogP contribution in [0.4, 0.5) is 0 Å². The molecule has 2 aliphatic heterocycles. The quantitative estimate of drug-likeness (QED) is 0.473. The molecule has 3 rings (SSSR count). The predicted molar refractivity (Wildman–Crippen MR) is 116 cm³/mol. The Hall–Kier alpha value is -1.30. The first-order valence-electron chi connectivity index (χ1n) is 9.48. The molecular formula is C18H26N4O4S3. The summed E-state index contributed by atoms with van der Waals surface area (Å²) in [6.45, 7) is 3.11. The van der Waals surface area contributed by atoms with Crippen LogP contribution < -0.4 is 4.74 Å². The molecule has 2 fully saturated rings. The highest BCUT2D eigenvalue weighted by Gasteiger charge is 2.35. The Labute approximate surface area is 180 Å². The molecule has 0 bridgehead atoms. The second-order valence-corrected chi connectivity index (χ2v) is 10.9. The molecule has 1 amide bonds. The van der Waals surface area contributed by atoms with Gasteiger partial charge in [0.15, 0.2) is 5.16 Å². The van der Waals surface area contributed by atoms with E-state index in [1.807, 2.05) is 12.3 Å². The lowest BCUT2D eigenvalue weighted by Crippen LogP contribution is -2.43. The summed E-state index contributed by atoms with van der Waals surface area (Å²) in [5.74, 6) is 1.32. The zero-order chi connectivity index (χ0) is 21.0. The van der Waals surface area contributed by atoms with Crippen molar-refractivity contribution in [1.29, 1.82) is 0 Å². The molecule has 1 aromatic heterocycles. The number of ether oxygens (including phenoxy) is 1. The molecule has 11 heteroatoms. The van der Waals surface area contributed by atoms with Gasteiger partial charge in [0, 0.05) is 37.5 Å². The largest absolute Gasteiger partial charge is 0.480 e. The van der Waals surface area contributed by atoms with Crippen LogP contribution in [0.5, 0.6) is 5.88 Å². The number of piperidine rings is 1. The van der Waals surface area contributed by atoms with Gasteiger partial charge in [-0.05, 0) is 32.1 Å². The summed E-state index contributed by atoms with van der Waals surface area (Å²) in [5.41, 5.74) is 0.733. The topological polar surface area (TPSA) is 92.7 Å². The maximum absolute atomic E-state index is 13.1. The molecule has 29 heavy (non-hydrogen) atoms. The average molecular weight is 459 g/mol. The molecule has 0 atom stereocenters. The molecule has 2 saturated heterocycles. The minimum absolute atomic E-state index is 0.0652. The number of nitrogens with zero attached hydrogens (tertiary/aromatic N) is 4. The third-order valence-electron chi connectivity index (χ3n) is 5.07. The van der Waals surface area contributed by atoms with Crippen LogP contribution in [0.25, 0.3) is 6.08 Å². The molecule has 8 nitrogen and oxygen atoms in total. The van der Waals surface area contributed by atoms with E-state index in [0.29, 0.717) is 43.5 Å². The summed E-state index contributed by atoms with van der Waals surface area (Å²) in [6.07, 6.45) is 6.62. The molecule has 160 valence electrons. The summed E-state index contributed by atoms with van der Waals surface area (Å²) in [7, 11) is -1.62. The van der Waals surface area contributed by atoms with Gasteiger partial charge in [-0.1, -0.05) is 11.8 Å². The standard InChI is InChI=1S/C18H26N4O4S3/c1-4-29(24,25)21-7-5-13(6-8-21)17(23)22-9-10-28-15(22)11-14-12-19-18(27-3)20-16(14)26-2/h11-13H,4-10H2,1-3H3/b15-11+. The van der Waals surface area contributed by atoms with Gasteiger partial charge in [0.25, 0.3) is 0 Å². The van der Waals surface area contributed by atoms with Crippen molar-refractivity contribution >= 4 is 45.5 Å². The number of hydrogen-bond donors (Lipinski definition) is 0. The van der Waals surface area contributed by atoms with E-state index >= 15 is 0 Å². The molecule has 0 aliphatic carbocycles. The molecular weight excluding hydrogens is 432 g/mol. The molecule has 0 spiro atoms. The van der Waals surface area contributed by atoms with Crippen molar-refractivity contribution in [1.82, 2.24) is 19.2 Å². The zero-order valence-electron chi connectivity index (χ0n) is 16.8. The number of hydrogen-bond acceptors (Lipinski definition) is 8. The van der Waals surface area contributed by atoms with Gasteiger partial charge in [-0.2, -0.15) is 4.98 Å². The van der Waals surface area contributed by atoms with Crippen molar-refractivity contribution in [3.8, 4) is 5.88 Å². The van der Waals surface area contributed by atoms with E-state index in [2.05, 4.69) is 9.97 Å². The monoisotopic (exact) mass is 458 g/mol. The average Bonchev–Trinajstić information content (AvgIpc) is 3.21. The van der Waals surface area contributed by atoms with Crippen molar-refractivity contribution in [3.05, 3.63) is 16.8 Å². The van der Waals surface area contributed by atoms with E-state index < -0.39 is 10.0 Å². The van der Waals surface area contributed by atoms with E-state index in [-0.39, 0.29) is 17.6 Å². The van der Waals surface area contributed by atoms with Gasteiger partial charge in [0.1, 0.15) is 0 Å². The van der Waals surface area contributed by atoms with Gasteiger partial charge in [0.05, 0.1) is 23.5 Å². The van der Waals surface area contributed by atoms with Gasteiger partial charge in [-0.25, -0.2) is 17.7 Å². The summed E-state index contributed by atoms with van der Waals surface area (Å²) in [6, 6.07) is 0. The SMILES string of the molecule is CCS(=O)(=O)N1CCC(C(=O)N2CCS/C2=C/c2cnc(SC)nc2OC)CC1. The molecule has 2 aliphatic rings. The molecule has 0 unspecified atom stereocenters. The maximum atomic E-state index is 13.1. The Morgan fingerprint density at radius 1 is 1.38 bits per heavy atom. The maximum Gasteiger partial charge on any atom is 0.230 e. The first kappa shape index (κ1) is 22.4. The highest BCUT2D eigenvalue weighted by Crippen LogP contribution is 2.34. The van der Waals surface area contributed by atoms with Crippen LogP contribution in [0.3, 0.4) is 0 Å². The molecule has 0 N–H and O–H groups in total. The third-order valence-corrected chi connectivity index (χ3v) is 8.54. The van der Waals surface area contributed by atoms with E-state index in [9.17, 15) is 13.2 Å². The number of methoxy groups -OCH3 is 1. The van der Waals surface area contributed by atoms with Crippen LogP contribution in [-0.4, -0.2) is 78.0 Å². The number of carbonyl (C=O) groups excluding carboxylic acids is 1. The fraction of sp³-hybridized carbons (Fsp3) is 0.611. The lowest BCUT2D eigenvalue weighted by atomic mass is 9.96. The van der Waals surface area contributed by atoms with Crippen LogP contribution >= 0.6 is 23.5 Å². The molecule has 0 aromatic carbocycles. The van der Waals surface area contributed by atoms with E-state index in [4.69, 9.17) is 4.74 Å². The van der Waals surface area contributed by atoms with Gasteiger partial charge in [-0.3, -0.25) is 4.79 Å². The molecule has 0 radical (unpaired) electrons. The van der Waals surface area contributed by atoms with E-state index in [0.717, 1.165) is 16.3 Å². The van der Waals surface area contributed by atoms with Crippen LogP contribution in [0.2, 0.25) is 0 Å². The number of amides is 1. The summed E-state index contributed by atoms with van der Waals surface area (Å²) in [4.78, 5) is 23.6. The Balaban J connectivity index is 1.73. The highest BCUT2D eigenvalue weighted by atomic mass is 32.2. The van der Waals surface area contributed by atoms with Gasteiger partial charge >= 0.3 is 0 Å². The molecule has 0 saturated carbocycles. The highest BCUT2D eigenvalue weighted by molar-refractivity contribution is 8.03. The molecule has 3 heterocycles. The van der Waals surface area contributed by atoms with E-state index in [1.54, 1.807) is 36.9 Å².